The van der Waals surface area contributed by atoms with E-state index in [9.17, 15) is 8.78 Å². The number of benzene rings is 1. The van der Waals surface area contributed by atoms with Crippen molar-refractivity contribution in [1.29, 1.82) is 0 Å². The van der Waals surface area contributed by atoms with Crippen LogP contribution >= 0.6 is 11.3 Å². The summed E-state index contributed by atoms with van der Waals surface area (Å²) >= 11 is 1.69. The Bertz CT molecular complexity index is 1180. The minimum absolute atomic E-state index is 0.000203. The lowest BCUT2D eigenvalue weighted by Gasteiger charge is -2.27. The number of aromatic amines is 1. The first-order valence-electron chi connectivity index (χ1n) is 9.94. The van der Waals surface area contributed by atoms with Crippen LogP contribution in [0.4, 0.5) is 14.6 Å². The first-order valence-corrected chi connectivity index (χ1v) is 10.8. The minimum atomic E-state index is -0.556. The lowest BCUT2D eigenvalue weighted by molar-refractivity contribution is 0.589. The number of hydrogen-bond donors (Lipinski definition) is 1. The molecule has 7 heteroatoms. The zero-order valence-corrected chi connectivity index (χ0v) is 17.3. The van der Waals surface area contributed by atoms with Crippen LogP contribution in [0.2, 0.25) is 0 Å². The summed E-state index contributed by atoms with van der Waals surface area (Å²) in [6.45, 7) is 3.59. The molecule has 0 saturated carbocycles. The van der Waals surface area contributed by atoms with E-state index in [0.29, 0.717) is 12.2 Å². The zero-order chi connectivity index (χ0) is 20.7. The van der Waals surface area contributed by atoms with Crippen LogP contribution in [0.1, 0.15) is 23.1 Å². The van der Waals surface area contributed by atoms with Gasteiger partial charge in [-0.05, 0) is 42.3 Å². The number of nitrogens with one attached hydrogen (secondary N) is 1. The zero-order valence-electron chi connectivity index (χ0n) is 16.5. The number of thiazole rings is 1. The van der Waals surface area contributed by atoms with Gasteiger partial charge >= 0.3 is 0 Å². The van der Waals surface area contributed by atoms with Gasteiger partial charge in [0.1, 0.15) is 22.5 Å². The van der Waals surface area contributed by atoms with E-state index in [1.165, 1.54) is 23.1 Å². The van der Waals surface area contributed by atoms with E-state index in [2.05, 4.69) is 21.8 Å². The number of hydrogen-bond acceptors (Lipinski definition) is 4. The van der Waals surface area contributed by atoms with Crippen molar-refractivity contribution < 1.29 is 8.78 Å². The van der Waals surface area contributed by atoms with Gasteiger partial charge < -0.3 is 9.88 Å². The molecule has 0 unspecified atom stereocenters. The summed E-state index contributed by atoms with van der Waals surface area (Å²) in [6.07, 6.45) is 5.26. The third-order valence-electron chi connectivity index (χ3n) is 5.42. The van der Waals surface area contributed by atoms with E-state index in [4.69, 9.17) is 4.98 Å². The molecule has 0 saturated heterocycles. The Labute approximate surface area is 177 Å². The van der Waals surface area contributed by atoms with Crippen LogP contribution < -0.4 is 4.90 Å². The Kier molecular flexibility index (Phi) is 4.83. The van der Waals surface area contributed by atoms with Crippen LogP contribution in [0, 0.1) is 11.6 Å². The predicted molar refractivity (Wildman–Crippen MR) is 116 cm³/mol. The molecule has 0 amide bonds. The second-order valence-corrected chi connectivity index (χ2v) is 8.40. The molecule has 4 heterocycles. The van der Waals surface area contributed by atoms with Crippen molar-refractivity contribution in [2.75, 3.05) is 11.4 Å². The standard InChI is InChI=1S/C23H20F2N4S/c1-2-20-22(28-23(30-20)14-5-4-9-26-12-14)29-10-8-18-15(13-29)11-19(27-18)21-16(24)6-3-7-17(21)25/h3-7,9,11-12,27H,2,8,10,13H2,1H3. The maximum Gasteiger partial charge on any atom is 0.143 e. The summed E-state index contributed by atoms with van der Waals surface area (Å²) in [5, 5.41) is 0.962. The molecule has 1 aromatic carbocycles. The van der Waals surface area contributed by atoms with Gasteiger partial charge in [-0.1, -0.05) is 13.0 Å². The normalized spacial score (nSPS) is 13.5. The second kappa shape index (κ2) is 7.65. The summed E-state index contributed by atoms with van der Waals surface area (Å²) in [4.78, 5) is 15.8. The fourth-order valence-corrected chi connectivity index (χ4v) is 4.95. The molecule has 1 N–H and O–H groups in total. The van der Waals surface area contributed by atoms with Gasteiger partial charge in [0.25, 0.3) is 0 Å². The van der Waals surface area contributed by atoms with Gasteiger partial charge in [0.2, 0.25) is 0 Å². The van der Waals surface area contributed by atoms with Crippen molar-refractivity contribution in [1.82, 2.24) is 15.0 Å². The van der Waals surface area contributed by atoms with Crippen molar-refractivity contribution in [3.8, 4) is 21.8 Å². The Morgan fingerprint density at radius 3 is 2.73 bits per heavy atom. The molecule has 0 atom stereocenters. The molecule has 3 aromatic heterocycles. The molecule has 5 rings (SSSR count). The predicted octanol–water partition coefficient (Wildman–Crippen LogP) is 5.60. The molecule has 152 valence electrons. The van der Waals surface area contributed by atoms with Crippen molar-refractivity contribution in [3.05, 3.63) is 76.6 Å². The van der Waals surface area contributed by atoms with Crippen molar-refractivity contribution in [2.24, 2.45) is 0 Å². The Morgan fingerprint density at radius 1 is 1.17 bits per heavy atom. The van der Waals surface area contributed by atoms with Gasteiger partial charge in [-0.3, -0.25) is 4.98 Å². The lowest BCUT2D eigenvalue weighted by Crippen LogP contribution is -2.30. The molecular formula is C23H20F2N4S. The fourth-order valence-electron chi connectivity index (χ4n) is 3.94. The van der Waals surface area contributed by atoms with E-state index < -0.39 is 11.6 Å². The fraction of sp³-hybridized carbons (Fsp3) is 0.217. The molecule has 0 fully saturated rings. The van der Waals surface area contributed by atoms with Crippen LogP contribution in [-0.4, -0.2) is 21.5 Å². The van der Waals surface area contributed by atoms with Gasteiger partial charge in [0, 0.05) is 48.0 Å². The van der Waals surface area contributed by atoms with Gasteiger partial charge in [-0.15, -0.1) is 11.3 Å². The quantitative estimate of drug-likeness (QED) is 0.465. The number of H-pyrrole nitrogens is 1. The summed E-state index contributed by atoms with van der Waals surface area (Å²) in [7, 11) is 0. The second-order valence-electron chi connectivity index (χ2n) is 7.32. The average Bonchev–Trinajstić information content (AvgIpc) is 3.38. The van der Waals surface area contributed by atoms with E-state index in [1.807, 2.05) is 24.4 Å². The van der Waals surface area contributed by atoms with E-state index in [0.717, 1.165) is 47.0 Å². The van der Waals surface area contributed by atoms with Gasteiger partial charge in [0.15, 0.2) is 0 Å². The van der Waals surface area contributed by atoms with Crippen LogP contribution in [0.5, 0.6) is 0 Å². The smallest absolute Gasteiger partial charge is 0.143 e. The summed E-state index contributed by atoms with van der Waals surface area (Å²) in [5.74, 6) is -0.120. The number of aromatic nitrogens is 3. The third kappa shape index (κ3) is 3.29. The number of nitrogens with zero attached hydrogens (tertiary/aromatic N) is 3. The van der Waals surface area contributed by atoms with Gasteiger partial charge in [-0.2, -0.15) is 0 Å². The third-order valence-corrected chi connectivity index (χ3v) is 6.66. The first kappa shape index (κ1) is 18.9. The number of halogens is 2. The highest BCUT2D eigenvalue weighted by Crippen LogP contribution is 2.36. The number of anilines is 1. The Morgan fingerprint density at radius 2 is 2.00 bits per heavy atom. The first-order chi connectivity index (χ1) is 14.6. The SMILES string of the molecule is CCc1sc(-c2cccnc2)nc1N1CCc2[nH]c(-c3c(F)cccc3F)cc2C1. The van der Waals surface area contributed by atoms with Crippen LogP contribution in [0.15, 0.2) is 48.8 Å². The summed E-state index contributed by atoms with van der Waals surface area (Å²) in [5.41, 5.74) is 3.59. The average molecular weight is 423 g/mol. The van der Waals surface area contributed by atoms with Crippen LogP contribution in [-0.2, 0) is 19.4 Å². The Balaban J connectivity index is 1.47. The number of pyridine rings is 1. The lowest BCUT2D eigenvalue weighted by atomic mass is 10.1. The van der Waals surface area contributed by atoms with Crippen molar-refractivity contribution in [3.63, 3.8) is 0 Å². The molecular weight excluding hydrogens is 402 g/mol. The van der Waals surface area contributed by atoms with Crippen molar-refractivity contribution in [2.45, 2.75) is 26.3 Å². The molecule has 30 heavy (non-hydrogen) atoms. The molecule has 1 aliphatic heterocycles. The molecule has 4 nitrogen and oxygen atoms in total. The molecule has 4 aromatic rings. The molecule has 0 radical (unpaired) electrons. The molecule has 0 aliphatic carbocycles. The highest BCUT2D eigenvalue weighted by Gasteiger charge is 2.25. The minimum Gasteiger partial charge on any atom is -0.358 e. The van der Waals surface area contributed by atoms with E-state index >= 15 is 0 Å². The Hall–Kier alpha value is -3.06. The molecule has 1 aliphatic rings. The number of aryl methyl sites for hydroxylation is 1. The highest BCUT2D eigenvalue weighted by atomic mass is 32.1. The maximum absolute atomic E-state index is 14.2. The highest BCUT2D eigenvalue weighted by molar-refractivity contribution is 7.15. The van der Waals surface area contributed by atoms with Crippen LogP contribution in [0.25, 0.3) is 21.8 Å². The molecule has 0 spiro atoms. The number of rotatable bonds is 4. The number of fused-ring (bicyclic) bond motifs is 1. The topological polar surface area (TPSA) is 44.8 Å². The maximum atomic E-state index is 14.2. The van der Waals surface area contributed by atoms with Gasteiger partial charge in [-0.25, -0.2) is 13.8 Å². The van der Waals surface area contributed by atoms with E-state index in [-0.39, 0.29) is 5.56 Å². The monoisotopic (exact) mass is 422 g/mol. The van der Waals surface area contributed by atoms with Crippen molar-refractivity contribution >= 4 is 17.2 Å². The van der Waals surface area contributed by atoms with Gasteiger partial charge in [0.05, 0.1) is 11.3 Å². The summed E-state index contributed by atoms with van der Waals surface area (Å²) in [6, 6.07) is 9.75. The van der Waals surface area contributed by atoms with E-state index in [1.54, 1.807) is 17.5 Å². The summed E-state index contributed by atoms with van der Waals surface area (Å²) < 4.78 is 28.4. The van der Waals surface area contributed by atoms with Crippen LogP contribution in [0.3, 0.4) is 0 Å². The largest absolute Gasteiger partial charge is 0.358 e. The molecule has 0 bridgehead atoms.